The standard InChI is InChI=1S/C13H14O2/c1-13(2,12(14)15)11-7-6-9-4-3-5-10(9)8-11/h3-4,6-8H,5H2,1-2H3,(H,14,15). The van der Waals surface area contributed by atoms with E-state index in [9.17, 15) is 4.79 Å². The molecule has 0 aliphatic heterocycles. The molecule has 1 aliphatic carbocycles. The van der Waals surface area contributed by atoms with Crippen LogP contribution in [0, 0.1) is 0 Å². The van der Waals surface area contributed by atoms with E-state index in [2.05, 4.69) is 12.2 Å². The zero-order valence-electron chi connectivity index (χ0n) is 8.95. The van der Waals surface area contributed by atoms with E-state index in [0.29, 0.717) is 0 Å². The van der Waals surface area contributed by atoms with Crippen molar-refractivity contribution in [3.8, 4) is 0 Å². The maximum atomic E-state index is 11.1. The maximum Gasteiger partial charge on any atom is 0.313 e. The summed E-state index contributed by atoms with van der Waals surface area (Å²) in [5.74, 6) is -0.784. The third kappa shape index (κ3) is 1.56. The number of aliphatic carboxylic acids is 1. The average Bonchev–Trinajstić information content (AvgIpc) is 2.63. The fourth-order valence-corrected chi connectivity index (χ4v) is 1.77. The fourth-order valence-electron chi connectivity index (χ4n) is 1.77. The predicted octanol–water partition coefficient (Wildman–Crippen LogP) is 2.62. The summed E-state index contributed by atoms with van der Waals surface area (Å²) in [7, 11) is 0. The molecule has 1 aromatic carbocycles. The Hall–Kier alpha value is -1.57. The summed E-state index contributed by atoms with van der Waals surface area (Å²) in [6.07, 6.45) is 5.09. The van der Waals surface area contributed by atoms with Crippen molar-refractivity contribution in [1.29, 1.82) is 0 Å². The van der Waals surface area contributed by atoms with E-state index in [1.807, 2.05) is 18.2 Å². The van der Waals surface area contributed by atoms with Gasteiger partial charge in [-0.1, -0.05) is 30.4 Å². The molecule has 78 valence electrons. The van der Waals surface area contributed by atoms with Gasteiger partial charge in [-0.3, -0.25) is 4.79 Å². The summed E-state index contributed by atoms with van der Waals surface area (Å²) < 4.78 is 0. The Morgan fingerprint density at radius 2 is 2.13 bits per heavy atom. The van der Waals surface area contributed by atoms with Crippen molar-refractivity contribution in [1.82, 2.24) is 0 Å². The highest BCUT2D eigenvalue weighted by atomic mass is 16.4. The van der Waals surface area contributed by atoms with Gasteiger partial charge in [0, 0.05) is 0 Å². The lowest BCUT2D eigenvalue weighted by molar-refractivity contribution is -0.142. The molecule has 2 rings (SSSR count). The molecule has 0 atom stereocenters. The van der Waals surface area contributed by atoms with Gasteiger partial charge in [0.25, 0.3) is 0 Å². The average molecular weight is 202 g/mol. The summed E-state index contributed by atoms with van der Waals surface area (Å²) in [5.41, 5.74) is 2.50. The van der Waals surface area contributed by atoms with Crippen LogP contribution in [-0.2, 0) is 16.6 Å². The number of rotatable bonds is 2. The Bertz CT molecular complexity index is 442. The lowest BCUT2D eigenvalue weighted by Gasteiger charge is -2.20. The molecule has 15 heavy (non-hydrogen) atoms. The van der Waals surface area contributed by atoms with Gasteiger partial charge in [0.1, 0.15) is 0 Å². The Kier molecular flexibility index (Phi) is 2.14. The van der Waals surface area contributed by atoms with Gasteiger partial charge in [0.2, 0.25) is 0 Å². The van der Waals surface area contributed by atoms with Crippen LogP contribution in [0.3, 0.4) is 0 Å². The van der Waals surface area contributed by atoms with Crippen LogP contribution in [-0.4, -0.2) is 11.1 Å². The number of hydrogen-bond acceptors (Lipinski definition) is 1. The second-order valence-electron chi connectivity index (χ2n) is 4.45. The third-order valence-electron chi connectivity index (χ3n) is 3.03. The van der Waals surface area contributed by atoms with Gasteiger partial charge in [-0.25, -0.2) is 0 Å². The van der Waals surface area contributed by atoms with Gasteiger partial charge in [0.15, 0.2) is 0 Å². The van der Waals surface area contributed by atoms with Crippen molar-refractivity contribution in [3.63, 3.8) is 0 Å². The van der Waals surface area contributed by atoms with Gasteiger partial charge in [-0.15, -0.1) is 0 Å². The highest BCUT2D eigenvalue weighted by molar-refractivity contribution is 5.80. The van der Waals surface area contributed by atoms with Gasteiger partial charge in [0.05, 0.1) is 5.41 Å². The zero-order chi connectivity index (χ0) is 11.1. The molecule has 0 unspecified atom stereocenters. The highest BCUT2D eigenvalue weighted by Gasteiger charge is 2.29. The van der Waals surface area contributed by atoms with Crippen molar-refractivity contribution < 1.29 is 9.90 Å². The van der Waals surface area contributed by atoms with E-state index < -0.39 is 11.4 Å². The molecular formula is C13H14O2. The van der Waals surface area contributed by atoms with Gasteiger partial charge >= 0.3 is 5.97 Å². The van der Waals surface area contributed by atoms with Crippen molar-refractivity contribution >= 4 is 12.0 Å². The van der Waals surface area contributed by atoms with E-state index >= 15 is 0 Å². The first-order valence-electron chi connectivity index (χ1n) is 5.05. The lowest BCUT2D eigenvalue weighted by Crippen LogP contribution is -2.28. The van der Waals surface area contributed by atoms with Crippen LogP contribution in [0.1, 0.15) is 30.5 Å². The summed E-state index contributed by atoms with van der Waals surface area (Å²) in [6.45, 7) is 3.47. The van der Waals surface area contributed by atoms with Crippen LogP contribution in [0.2, 0.25) is 0 Å². The smallest absolute Gasteiger partial charge is 0.313 e. The fraction of sp³-hybridized carbons (Fsp3) is 0.308. The van der Waals surface area contributed by atoms with Crippen molar-refractivity contribution in [2.75, 3.05) is 0 Å². The quantitative estimate of drug-likeness (QED) is 0.800. The Balaban J connectivity index is 2.44. The molecule has 0 fully saturated rings. The molecule has 1 aliphatic rings. The molecule has 0 aromatic heterocycles. The first kappa shape index (κ1) is 9.97. The molecule has 2 nitrogen and oxygen atoms in total. The largest absolute Gasteiger partial charge is 0.481 e. The number of benzene rings is 1. The lowest BCUT2D eigenvalue weighted by atomic mass is 9.83. The van der Waals surface area contributed by atoms with Crippen molar-refractivity contribution in [2.24, 2.45) is 0 Å². The molecule has 1 N–H and O–H groups in total. The molecule has 0 radical (unpaired) electrons. The monoisotopic (exact) mass is 202 g/mol. The Labute approximate surface area is 89.2 Å². The molecule has 0 saturated carbocycles. The van der Waals surface area contributed by atoms with Crippen LogP contribution in [0.5, 0.6) is 0 Å². The first-order chi connectivity index (χ1) is 7.01. The van der Waals surface area contributed by atoms with Crippen LogP contribution < -0.4 is 0 Å². The van der Waals surface area contributed by atoms with Crippen molar-refractivity contribution in [2.45, 2.75) is 25.7 Å². The number of fused-ring (bicyclic) bond motifs is 1. The number of carboxylic acid groups (broad SMARTS) is 1. The van der Waals surface area contributed by atoms with Crippen LogP contribution in [0.25, 0.3) is 6.08 Å². The Morgan fingerprint density at radius 1 is 1.40 bits per heavy atom. The van der Waals surface area contributed by atoms with Gasteiger partial charge in [-0.2, -0.15) is 0 Å². The number of hydrogen-bond donors (Lipinski definition) is 1. The predicted molar refractivity (Wildman–Crippen MR) is 59.8 cm³/mol. The molecule has 0 bridgehead atoms. The topological polar surface area (TPSA) is 37.3 Å². The van der Waals surface area contributed by atoms with E-state index in [1.54, 1.807) is 13.8 Å². The third-order valence-corrected chi connectivity index (χ3v) is 3.03. The van der Waals surface area contributed by atoms with Crippen LogP contribution in [0.15, 0.2) is 24.3 Å². The summed E-state index contributed by atoms with van der Waals surface area (Å²) >= 11 is 0. The second-order valence-corrected chi connectivity index (χ2v) is 4.45. The Morgan fingerprint density at radius 3 is 2.80 bits per heavy atom. The van der Waals surface area contributed by atoms with Crippen LogP contribution >= 0.6 is 0 Å². The molecule has 0 heterocycles. The van der Waals surface area contributed by atoms with Gasteiger partial charge in [-0.05, 0) is 37.0 Å². The van der Waals surface area contributed by atoms with Gasteiger partial charge < -0.3 is 5.11 Å². The SMILES string of the molecule is CC(C)(C(=O)O)c1ccc2c(c1)CC=C2. The normalized spacial score (nSPS) is 14.0. The molecule has 1 aromatic rings. The number of carboxylic acids is 1. The molecule has 0 saturated heterocycles. The molecule has 0 amide bonds. The minimum atomic E-state index is -0.808. The molecule has 2 heteroatoms. The van der Waals surface area contributed by atoms with Crippen molar-refractivity contribution in [3.05, 3.63) is 41.0 Å². The molecular weight excluding hydrogens is 188 g/mol. The second kappa shape index (κ2) is 3.23. The van der Waals surface area contributed by atoms with E-state index in [1.165, 1.54) is 11.1 Å². The first-order valence-corrected chi connectivity index (χ1v) is 5.05. The number of carbonyl (C=O) groups is 1. The minimum Gasteiger partial charge on any atom is -0.481 e. The van der Waals surface area contributed by atoms with E-state index in [0.717, 1.165) is 12.0 Å². The molecule has 0 spiro atoms. The summed E-state index contributed by atoms with van der Waals surface area (Å²) in [5, 5.41) is 9.13. The number of allylic oxidation sites excluding steroid dienone is 1. The minimum absolute atomic E-state index is 0.784. The van der Waals surface area contributed by atoms with E-state index in [-0.39, 0.29) is 0 Å². The summed E-state index contributed by atoms with van der Waals surface area (Å²) in [6, 6.07) is 5.91. The summed E-state index contributed by atoms with van der Waals surface area (Å²) in [4.78, 5) is 11.1. The van der Waals surface area contributed by atoms with Crippen LogP contribution in [0.4, 0.5) is 0 Å². The zero-order valence-corrected chi connectivity index (χ0v) is 8.95. The highest BCUT2D eigenvalue weighted by Crippen LogP contribution is 2.28. The maximum absolute atomic E-state index is 11.1. The van der Waals surface area contributed by atoms with E-state index in [4.69, 9.17) is 5.11 Å².